The molecule has 0 spiro atoms. The van der Waals surface area contributed by atoms with Crippen molar-refractivity contribution in [3.8, 4) is 11.5 Å². The number of aromatic amines is 1. The summed E-state index contributed by atoms with van der Waals surface area (Å²) in [6.07, 6.45) is 1.45. The fraction of sp³-hybridized carbons (Fsp3) is 0.348. The molecule has 1 fully saturated rings. The molecule has 1 saturated carbocycles. The Balaban J connectivity index is 0.00000218. The van der Waals surface area contributed by atoms with Gasteiger partial charge in [-0.1, -0.05) is 26.8 Å². The van der Waals surface area contributed by atoms with E-state index in [2.05, 4.69) is 31.1 Å². The van der Waals surface area contributed by atoms with Gasteiger partial charge in [0.15, 0.2) is 11.5 Å². The van der Waals surface area contributed by atoms with Gasteiger partial charge >= 0.3 is 0 Å². The summed E-state index contributed by atoms with van der Waals surface area (Å²) in [5, 5.41) is 3.69. The van der Waals surface area contributed by atoms with Crippen LogP contribution < -0.4 is 14.8 Å². The highest BCUT2D eigenvalue weighted by Gasteiger charge is 2.51. The molecule has 5 nitrogen and oxygen atoms in total. The number of anilines is 1. The van der Waals surface area contributed by atoms with Crippen molar-refractivity contribution in [1.82, 2.24) is 4.98 Å². The summed E-state index contributed by atoms with van der Waals surface area (Å²) >= 11 is 0. The molecule has 0 bridgehead atoms. The smallest absolute Gasteiger partial charge is 0.235 e. The molecule has 3 aromatic rings. The number of benzene rings is 2. The van der Waals surface area contributed by atoms with E-state index in [0.29, 0.717) is 11.5 Å². The van der Waals surface area contributed by atoms with Gasteiger partial charge in [0, 0.05) is 29.5 Å². The van der Waals surface area contributed by atoms with Crippen LogP contribution in [0.5, 0.6) is 11.5 Å². The Labute approximate surface area is 169 Å². The predicted molar refractivity (Wildman–Crippen MR) is 111 cm³/mol. The summed E-state index contributed by atoms with van der Waals surface area (Å²) in [4.78, 5) is 16.4. The third-order valence-corrected chi connectivity index (χ3v) is 5.87. The van der Waals surface area contributed by atoms with Gasteiger partial charge in [0.25, 0.3) is 0 Å². The monoisotopic (exact) mass is 396 g/mol. The second-order valence-electron chi connectivity index (χ2n) is 8.96. The van der Waals surface area contributed by atoms with Gasteiger partial charge in [0.2, 0.25) is 12.7 Å². The zero-order chi connectivity index (χ0) is 20.4. The topological polar surface area (TPSA) is 63.4 Å². The molecule has 2 heterocycles. The first-order chi connectivity index (χ1) is 13.8. The van der Waals surface area contributed by atoms with Crippen molar-refractivity contribution in [2.24, 2.45) is 0 Å². The molecule has 1 aliphatic heterocycles. The van der Waals surface area contributed by atoms with Gasteiger partial charge in [-0.25, -0.2) is 4.39 Å². The second-order valence-corrected chi connectivity index (χ2v) is 8.96. The number of carbonyl (C=O) groups excluding carboxylic acids is 1. The predicted octanol–water partition coefficient (Wildman–Crippen LogP) is 5.25. The Hall–Kier alpha value is -3.02. The number of amides is 1. The Bertz CT molecular complexity index is 1150. The molecule has 0 atom stereocenters. The molecule has 29 heavy (non-hydrogen) atoms. The van der Waals surface area contributed by atoms with Crippen LogP contribution in [0.25, 0.3) is 10.9 Å². The number of halogens is 1. The number of carbonyl (C=O) groups is 1. The first kappa shape index (κ1) is 18.0. The van der Waals surface area contributed by atoms with E-state index in [1.807, 2.05) is 24.3 Å². The van der Waals surface area contributed by atoms with Gasteiger partial charge in [0.05, 0.1) is 11.1 Å². The molecule has 1 amide bonds. The van der Waals surface area contributed by atoms with E-state index in [1.54, 1.807) is 6.07 Å². The zero-order valence-electron chi connectivity index (χ0n) is 16.7. The first-order valence-electron chi connectivity index (χ1n) is 9.81. The van der Waals surface area contributed by atoms with Crippen LogP contribution in [-0.4, -0.2) is 17.7 Å². The molecule has 2 aromatic carbocycles. The largest absolute Gasteiger partial charge is 0.454 e. The van der Waals surface area contributed by atoms with Gasteiger partial charge < -0.3 is 19.8 Å². The minimum atomic E-state index is -0.642. The van der Waals surface area contributed by atoms with Crippen LogP contribution in [0.1, 0.15) is 46.3 Å². The number of H-pyrrole nitrogens is 1. The van der Waals surface area contributed by atoms with E-state index < -0.39 is 11.2 Å². The van der Waals surface area contributed by atoms with E-state index in [-0.39, 0.29) is 25.2 Å². The summed E-state index contributed by atoms with van der Waals surface area (Å²) in [5.74, 6) is 0.690. The van der Waals surface area contributed by atoms with Crippen LogP contribution in [0, 0.1) is 5.82 Å². The SMILES string of the molecule is CC(C)(C)c1cc2cc(NC(=O)C3(c4ccc5c(c4)OCO5)CC3)c(F)cc2[nH]1.[HH]. The normalized spacial score (nSPS) is 16.8. The van der Waals surface area contributed by atoms with Crippen molar-refractivity contribution < 1.29 is 20.1 Å². The highest BCUT2D eigenvalue weighted by atomic mass is 19.1. The minimum Gasteiger partial charge on any atom is -0.454 e. The minimum absolute atomic E-state index is 0. The number of nitrogens with one attached hydrogen (secondary N) is 2. The lowest BCUT2D eigenvalue weighted by Crippen LogP contribution is -2.28. The van der Waals surface area contributed by atoms with Gasteiger partial charge in [0.1, 0.15) is 5.82 Å². The Kier molecular flexibility index (Phi) is 3.72. The third kappa shape index (κ3) is 2.94. The number of hydrogen-bond donors (Lipinski definition) is 2. The van der Waals surface area contributed by atoms with E-state index in [9.17, 15) is 9.18 Å². The van der Waals surface area contributed by atoms with Crippen LogP contribution in [0.3, 0.4) is 0 Å². The van der Waals surface area contributed by atoms with E-state index >= 15 is 0 Å². The fourth-order valence-electron chi connectivity index (χ4n) is 3.86. The summed E-state index contributed by atoms with van der Waals surface area (Å²) in [5.41, 5.74) is 2.11. The molecule has 152 valence electrons. The molecule has 0 saturated heterocycles. The van der Waals surface area contributed by atoms with E-state index in [1.165, 1.54) is 6.07 Å². The number of rotatable bonds is 3. The summed E-state index contributed by atoms with van der Waals surface area (Å²) < 4.78 is 25.5. The van der Waals surface area contributed by atoms with Crippen molar-refractivity contribution >= 4 is 22.5 Å². The molecular formula is C23H25FN2O3. The number of hydrogen-bond acceptors (Lipinski definition) is 3. The van der Waals surface area contributed by atoms with Crippen LogP contribution in [0.2, 0.25) is 0 Å². The lowest BCUT2D eigenvalue weighted by atomic mass is 9.92. The highest BCUT2D eigenvalue weighted by molar-refractivity contribution is 6.02. The lowest BCUT2D eigenvalue weighted by molar-refractivity contribution is -0.118. The molecule has 2 aliphatic rings. The molecular weight excluding hydrogens is 371 g/mol. The zero-order valence-corrected chi connectivity index (χ0v) is 16.7. The second kappa shape index (κ2) is 5.99. The molecule has 0 radical (unpaired) electrons. The van der Waals surface area contributed by atoms with Gasteiger partial charge in [-0.2, -0.15) is 0 Å². The average molecular weight is 396 g/mol. The lowest BCUT2D eigenvalue weighted by Gasteiger charge is -2.17. The fourth-order valence-corrected chi connectivity index (χ4v) is 3.86. The van der Waals surface area contributed by atoms with Crippen LogP contribution in [-0.2, 0) is 15.6 Å². The Morgan fingerprint density at radius 1 is 1.14 bits per heavy atom. The van der Waals surface area contributed by atoms with Crippen molar-refractivity contribution in [3.63, 3.8) is 0 Å². The maximum Gasteiger partial charge on any atom is 0.235 e. The molecule has 1 aromatic heterocycles. The van der Waals surface area contributed by atoms with Crippen molar-refractivity contribution in [3.05, 3.63) is 53.5 Å². The molecule has 5 rings (SSSR count). The van der Waals surface area contributed by atoms with Gasteiger partial charge in [-0.05, 0) is 42.7 Å². The quantitative estimate of drug-likeness (QED) is 0.636. The van der Waals surface area contributed by atoms with Crippen LogP contribution in [0.15, 0.2) is 36.4 Å². The maximum atomic E-state index is 14.7. The number of fused-ring (bicyclic) bond motifs is 2. The van der Waals surface area contributed by atoms with Crippen LogP contribution in [0.4, 0.5) is 10.1 Å². The summed E-state index contributed by atoms with van der Waals surface area (Å²) in [6.45, 7) is 6.48. The highest BCUT2D eigenvalue weighted by Crippen LogP contribution is 2.51. The Morgan fingerprint density at radius 2 is 1.90 bits per heavy atom. The molecule has 6 heteroatoms. The van der Waals surface area contributed by atoms with Crippen molar-refractivity contribution in [1.29, 1.82) is 0 Å². The van der Waals surface area contributed by atoms with Crippen molar-refractivity contribution in [2.75, 3.05) is 12.1 Å². The maximum absolute atomic E-state index is 14.7. The Morgan fingerprint density at radius 3 is 2.62 bits per heavy atom. The number of ether oxygens (including phenoxy) is 2. The summed E-state index contributed by atoms with van der Waals surface area (Å²) in [7, 11) is 0. The van der Waals surface area contributed by atoms with Gasteiger partial charge in [-0.3, -0.25) is 4.79 Å². The summed E-state index contributed by atoms with van der Waals surface area (Å²) in [6, 6.07) is 10.7. The molecule has 2 N–H and O–H groups in total. The standard InChI is InChI=1S/C23H23FN2O3.H2/c1-22(2,3)20-9-13-8-17(15(24)11-16(13)25-20)26-21(27)23(6-7-23)14-4-5-18-19(10-14)29-12-28-18;/h4-5,8-11,25H,6-7,12H2,1-3H3,(H,26,27);1H. The van der Waals surface area contributed by atoms with Gasteiger partial charge in [-0.15, -0.1) is 0 Å². The first-order valence-corrected chi connectivity index (χ1v) is 9.81. The van der Waals surface area contributed by atoms with Crippen molar-refractivity contribution in [2.45, 2.75) is 44.4 Å². The van der Waals surface area contributed by atoms with Crippen LogP contribution >= 0.6 is 0 Å². The number of aromatic nitrogens is 1. The molecule has 0 unspecified atom stereocenters. The third-order valence-electron chi connectivity index (χ3n) is 5.87. The van der Waals surface area contributed by atoms with E-state index in [4.69, 9.17) is 9.47 Å². The molecule has 1 aliphatic carbocycles. The average Bonchev–Trinajstić information content (AvgIpc) is 3.15. The van der Waals surface area contributed by atoms with E-state index in [0.717, 1.165) is 35.0 Å².